The maximum absolute atomic E-state index is 5.66. The number of hydrogen-bond acceptors (Lipinski definition) is 7. The van der Waals surface area contributed by atoms with Crippen LogP contribution in [0.5, 0.6) is 0 Å². The summed E-state index contributed by atoms with van der Waals surface area (Å²) in [6.07, 6.45) is 5.76. The molecule has 0 radical (unpaired) electrons. The molecular weight excluding hydrogens is 266 g/mol. The van der Waals surface area contributed by atoms with Gasteiger partial charge in [-0.15, -0.1) is 0 Å². The first-order valence-electron chi connectivity index (χ1n) is 8.22. The Labute approximate surface area is 129 Å². The molecule has 1 aliphatic carbocycles. The Morgan fingerprint density at radius 3 is 1.29 bits per heavy atom. The topological polar surface area (TPSA) is 140 Å². The zero-order valence-corrected chi connectivity index (χ0v) is 13.5. The molecule has 1 rings (SSSR count). The number of rotatable bonds is 10. The minimum atomic E-state index is -0.321. The molecule has 0 atom stereocenters. The fourth-order valence-corrected chi connectivity index (χ4v) is 2.14. The molecule has 0 spiro atoms. The number of hydrogen-bond donors (Lipinski definition) is 7. The average Bonchev–Trinajstić information content (AvgIpc) is 2.46. The van der Waals surface area contributed by atoms with E-state index in [0.29, 0.717) is 13.1 Å². The van der Waals surface area contributed by atoms with E-state index in [-0.39, 0.29) is 5.66 Å². The third-order valence-corrected chi connectivity index (χ3v) is 3.38. The van der Waals surface area contributed by atoms with Crippen LogP contribution in [-0.2, 0) is 0 Å². The first-order valence-corrected chi connectivity index (χ1v) is 8.22. The molecule has 21 heavy (non-hydrogen) atoms. The maximum Gasteiger partial charge on any atom is 0.0636 e. The van der Waals surface area contributed by atoms with Gasteiger partial charge < -0.3 is 38.9 Å². The highest BCUT2D eigenvalue weighted by atomic mass is 15.0. The van der Waals surface area contributed by atoms with Crippen LogP contribution in [0.15, 0.2) is 0 Å². The second-order valence-corrected chi connectivity index (χ2v) is 5.62. The van der Waals surface area contributed by atoms with Gasteiger partial charge >= 0.3 is 0 Å². The summed E-state index contributed by atoms with van der Waals surface area (Å²) in [5.41, 5.74) is 21.6. The number of nitrogens with one attached hydrogen (secondary N) is 3. The molecule has 0 aromatic rings. The van der Waals surface area contributed by atoms with Gasteiger partial charge in [-0.2, -0.15) is 0 Å². The van der Waals surface area contributed by atoms with Gasteiger partial charge in [0, 0.05) is 52.4 Å². The zero-order chi connectivity index (χ0) is 15.8. The van der Waals surface area contributed by atoms with Gasteiger partial charge in [-0.25, -0.2) is 0 Å². The van der Waals surface area contributed by atoms with Gasteiger partial charge in [-0.3, -0.25) is 0 Å². The fourth-order valence-electron chi connectivity index (χ4n) is 2.14. The Kier molecular flexibility index (Phi) is 14.5. The number of nitrogens with two attached hydrogens (primary N) is 4. The molecule has 128 valence electrons. The van der Waals surface area contributed by atoms with E-state index in [1.54, 1.807) is 0 Å². The van der Waals surface area contributed by atoms with E-state index in [2.05, 4.69) is 16.0 Å². The largest absolute Gasteiger partial charge is 0.329 e. The van der Waals surface area contributed by atoms with Crippen molar-refractivity contribution in [3.05, 3.63) is 0 Å². The van der Waals surface area contributed by atoms with Crippen molar-refractivity contribution >= 4 is 0 Å². The quantitative estimate of drug-likeness (QED) is 0.187. The molecule has 0 aliphatic heterocycles. The minimum Gasteiger partial charge on any atom is -0.329 e. The summed E-state index contributed by atoms with van der Waals surface area (Å²) in [7, 11) is 0. The monoisotopic (exact) mass is 303 g/mol. The lowest BCUT2D eigenvalue weighted by molar-refractivity contribution is 0.306. The molecule has 0 amide bonds. The Hall–Kier alpha value is -0.280. The van der Waals surface area contributed by atoms with Crippen molar-refractivity contribution in [3.8, 4) is 0 Å². The van der Waals surface area contributed by atoms with Crippen LogP contribution in [0.4, 0.5) is 0 Å². The highest BCUT2D eigenvalue weighted by molar-refractivity contribution is 4.79. The van der Waals surface area contributed by atoms with Crippen molar-refractivity contribution in [2.45, 2.75) is 37.8 Å². The van der Waals surface area contributed by atoms with Gasteiger partial charge in [-0.1, -0.05) is 19.3 Å². The summed E-state index contributed by atoms with van der Waals surface area (Å²) in [5.74, 6) is 0. The van der Waals surface area contributed by atoms with Crippen LogP contribution >= 0.6 is 0 Å². The van der Waals surface area contributed by atoms with E-state index in [4.69, 9.17) is 22.9 Å². The second kappa shape index (κ2) is 14.6. The van der Waals surface area contributed by atoms with Gasteiger partial charge in [0.1, 0.15) is 0 Å². The molecule has 1 aliphatic rings. The Morgan fingerprint density at radius 2 is 1.00 bits per heavy atom. The minimum absolute atomic E-state index is 0.321. The molecule has 0 heterocycles. The summed E-state index contributed by atoms with van der Waals surface area (Å²) in [5, 5.41) is 9.71. The molecule has 7 nitrogen and oxygen atoms in total. The Morgan fingerprint density at radius 1 is 0.619 bits per heavy atom. The van der Waals surface area contributed by atoms with E-state index in [1.165, 1.54) is 19.3 Å². The van der Waals surface area contributed by atoms with Gasteiger partial charge in [0.15, 0.2) is 0 Å². The van der Waals surface area contributed by atoms with Crippen LogP contribution < -0.4 is 38.9 Å². The first-order chi connectivity index (χ1) is 10.1. The predicted octanol–water partition coefficient (Wildman–Crippen LogP) is -1.76. The summed E-state index contributed by atoms with van der Waals surface area (Å²) in [6.45, 7) is 7.15. The van der Waals surface area contributed by atoms with Crippen LogP contribution in [0.2, 0.25) is 0 Å². The summed E-state index contributed by atoms with van der Waals surface area (Å²) in [4.78, 5) is 0. The molecule has 0 saturated heterocycles. The van der Waals surface area contributed by atoms with Crippen molar-refractivity contribution in [1.29, 1.82) is 0 Å². The maximum atomic E-state index is 5.66. The van der Waals surface area contributed by atoms with Crippen molar-refractivity contribution in [2.75, 3.05) is 52.4 Å². The van der Waals surface area contributed by atoms with E-state index in [9.17, 15) is 0 Å². The molecule has 1 saturated carbocycles. The standard InChI is InChI=1S/C8H23N5.C6H14N2/c9-1-3-11-5-7-13-8-6-12-4-2-10;7-6(8)4-2-1-3-5-6/h11-13H,1-10H2;1-5,7-8H2. The van der Waals surface area contributed by atoms with Crippen LogP contribution in [-0.4, -0.2) is 58.0 Å². The van der Waals surface area contributed by atoms with Crippen LogP contribution in [0.3, 0.4) is 0 Å². The average molecular weight is 303 g/mol. The lowest BCUT2D eigenvalue weighted by Gasteiger charge is -2.28. The molecule has 1 fully saturated rings. The molecule has 0 unspecified atom stereocenters. The van der Waals surface area contributed by atoms with Crippen molar-refractivity contribution in [2.24, 2.45) is 22.9 Å². The fraction of sp³-hybridized carbons (Fsp3) is 1.00. The third-order valence-electron chi connectivity index (χ3n) is 3.38. The third kappa shape index (κ3) is 15.9. The van der Waals surface area contributed by atoms with Crippen molar-refractivity contribution < 1.29 is 0 Å². The predicted molar refractivity (Wildman–Crippen MR) is 90.9 cm³/mol. The zero-order valence-electron chi connectivity index (χ0n) is 13.5. The van der Waals surface area contributed by atoms with E-state index >= 15 is 0 Å². The van der Waals surface area contributed by atoms with Crippen LogP contribution in [0, 0.1) is 0 Å². The second-order valence-electron chi connectivity index (χ2n) is 5.62. The van der Waals surface area contributed by atoms with Gasteiger partial charge in [0.2, 0.25) is 0 Å². The van der Waals surface area contributed by atoms with Gasteiger partial charge in [0.05, 0.1) is 5.66 Å². The van der Waals surface area contributed by atoms with Crippen molar-refractivity contribution in [1.82, 2.24) is 16.0 Å². The SMILES string of the molecule is NC1(N)CCCCC1.NCCNCCNCCNCCN. The van der Waals surface area contributed by atoms with Crippen LogP contribution in [0.25, 0.3) is 0 Å². The van der Waals surface area contributed by atoms with E-state index < -0.39 is 0 Å². The Balaban J connectivity index is 0.000000423. The van der Waals surface area contributed by atoms with Gasteiger partial charge in [-0.05, 0) is 12.8 Å². The lowest BCUT2D eigenvalue weighted by atomic mass is 9.91. The van der Waals surface area contributed by atoms with E-state index in [0.717, 1.165) is 52.1 Å². The lowest BCUT2D eigenvalue weighted by Crippen LogP contribution is -2.50. The molecule has 0 aromatic heterocycles. The molecule has 0 aromatic carbocycles. The molecular formula is C14H37N7. The smallest absolute Gasteiger partial charge is 0.0636 e. The summed E-state index contributed by atoms with van der Waals surface area (Å²) in [6, 6.07) is 0. The molecule has 7 heteroatoms. The highest BCUT2D eigenvalue weighted by Gasteiger charge is 2.21. The van der Waals surface area contributed by atoms with Crippen LogP contribution in [0.1, 0.15) is 32.1 Å². The molecule has 0 bridgehead atoms. The van der Waals surface area contributed by atoms with Crippen molar-refractivity contribution in [3.63, 3.8) is 0 Å². The molecule has 11 N–H and O–H groups in total. The summed E-state index contributed by atoms with van der Waals surface area (Å²) >= 11 is 0. The van der Waals surface area contributed by atoms with Gasteiger partial charge in [0.25, 0.3) is 0 Å². The first kappa shape index (κ1) is 20.7. The Bertz CT molecular complexity index is 193. The highest BCUT2D eigenvalue weighted by Crippen LogP contribution is 2.20. The summed E-state index contributed by atoms with van der Waals surface area (Å²) < 4.78 is 0. The van der Waals surface area contributed by atoms with E-state index in [1.807, 2.05) is 0 Å². The normalized spacial score (nSPS) is 17.1.